The number of nitrogens with zero attached hydrogens (tertiary/aromatic N) is 1. The van der Waals surface area contributed by atoms with Gasteiger partial charge in [-0.15, -0.1) is 0 Å². The average Bonchev–Trinajstić information content (AvgIpc) is 2.37. The van der Waals surface area contributed by atoms with Gasteiger partial charge < -0.3 is 9.84 Å². The lowest BCUT2D eigenvalue weighted by molar-refractivity contribution is -0.141. The summed E-state index contributed by atoms with van der Waals surface area (Å²) in [5, 5.41) is 8.99. The molecule has 0 fully saturated rings. The normalized spacial score (nSPS) is 12.7. The number of aryl methyl sites for hydroxylation is 1. The van der Waals surface area contributed by atoms with E-state index in [9.17, 15) is 4.79 Å². The van der Waals surface area contributed by atoms with E-state index in [2.05, 4.69) is 18.7 Å². The lowest BCUT2D eigenvalue weighted by Gasteiger charge is -2.27. The number of benzene rings is 1. The molecule has 1 atom stereocenters. The summed E-state index contributed by atoms with van der Waals surface area (Å²) in [7, 11) is 0. The number of carbonyl (C=O) groups is 1. The summed E-state index contributed by atoms with van der Waals surface area (Å²) in [6.07, 6.45) is 0. The highest BCUT2D eigenvalue weighted by Crippen LogP contribution is 2.12. The van der Waals surface area contributed by atoms with Gasteiger partial charge in [0, 0.05) is 19.1 Å². The number of aliphatic carboxylic acids is 1. The fraction of sp³-hybridized carbons (Fsp3) is 0.562. The maximum Gasteiger partial charge on any atom is 0.307 e. The van der Waals surface area contributed by atoms with Crippen LogP contribution < -0.4 is 4.74 Å². The van der Waals surface area contributed by atoms with Crippen molar-refractivity contribution in [3.63, 3.8) is 0 Å². The molecule has 1 rings (SSSR count). The SMILES string of the molecule is Cc1cccc(OCCN(CC(C)C(=O)O)C(C)C)c1. The highest BCUT2D eigenvalue weighted by Gasteiger charge is 2.18. The van der Waals surface area contributed by atoms with Crippen LogP contribution in [-0.4, -0.2) is 41.7 Å². The smallest absolute Gasteiger partial charge is 0.307 e. The lowest BCUT2D eigenvalue weighted by Crippen LogP contribution is -2.39. The monoisotopic (exact) mass is 279 g/mol. The van der Waals surface area contributed by atoms with Gasteiger partial charge in [0.25, 0.3) is 0 Å². The Morgan fingerprint density at radius 1 is 1.35 bits per heavy atom. The number of ether oxygens (including phenoxy) is 1. The van der Waals surface area contributed by atoms with Gasteiger partial charge in [0.1, 0.15) is 12.4 Å². The zero-order valence-electron chi connectivity index (χ0n) is 12.8. The van der Waals surface area contributed by atoms with E-state index in [0.29, 0.717) is 19.2 Å². The van der Waals surface area contributed by atoms with Crippen molar-refractivity contribution < 1.29 is 14.6 Å². The van der Waals surface area contributed by atoms with Crippen LogP contribution in [0.15, 0.2) is 24.3 Å². The number of carboxylic acids is 1. The second-order valence-corrected chi connectivity index (χ2v) is 5.49. The van der Waals surface area contributed by atoms with E-state index in [1.807, 2.05) is 31.2 Å². The molecule has 0 radical (unpaired) electrons. The summed E-state index contributed by atoms with van der Waals surface area (Å²) in [6.45, 7) is 9.74. The van der Waals surface area contributed by atoms with E-state index in [-0.39, 0.29) is 5.92 Å². The Morgan fingerprint density at radius 2 is 2.05 bits per heavy atom. The Bertz CT molecular complexity index is 431. The van der Waals surface area contributed by atoms with Crippen LogP contribution in [-0.2, 0) is 4.79 Å². The Labute approximate surface area is 121 Å². The van der Waals surface area contributed by atoms with Gasteiger partial charge in [-0.2, -0.15) is 0 Å². The molecule has 20 heavy (non-hydrogen) atoms. The summed E-state index contributed by atoms with van der Waals surface area (Å²) < 4.78 is 5.72. The average molecular weight is 279 g/mol. The van der Waals surface area contributed by atoms with Crippen LogP contribution in [0.25, 0.3) is 0 Å². The molecule has 0 aliphatic rings. The fourth-order valence-corrected chi connectivity index (χ4v) is 1.98. The Kier molecular flexibility index (Phi) is 6.52. The van der Waals surface area contributed by atoms with Gasteiger partial charge in [-0.1, -0.05) is 19.1 Å². The first-order valence-electron chi connectivity index (χ1n) is 7.06. The first-order valence-corrected chi connectivity index (χ1v) is 7.06. The van der Waals surface area contributed by atoms with Crippen LogP contribution in [0.2, 0.25) is 0 Å². The maximum atomic E-state index is 10.9. The van der Waals surface area contributed by atoms with Crippen molar-refractivity contribution in [1.82, 2.24) is 4.90 Å². The number of carboxylic acid groups (broad SMARTS) is 1. The van der Waals surface area contributed by atoms with Crippen molar-refractivity contribution in [2.24, 2.45) is 5.92 Å². The third-order valence-electron chi connectivity index (χ3n) is 3.30. The molecule has 0 amide bonds. The Balaban J connectivity index is 2.45. The standard InChI is InChI=1S/C16H25NO3/c1-12(2)17(11-14(4)16(18)19)8-9-20-15-7-5-6-13(3)10-15/h5-7,10,12,14H,8-9,11H2,1-4H3,(H,18,19). The van der Waals surface area contributed by atoms with Crippen LogP contribution >= 0.6 is 0 Å². The van der Waals surface area contributed by atoms with Gasteiger partial charge in [-0.25, -0.2) is 0 Å². The van der Waals surface area contributed by atoms with E-state index in [1.165, 1.54) is 5.56 Å². The summed E-state index contributed by atoms with van der Waals surface area (Å²) in [5.41, 5.74) is 1.17. The van der Waals surface area contributed by atoms with Gasteiger partial charge in [-0.05, 0) is 38.5 Å². The lowest BCUT2D eigenvalue weighted by atomic mass is 10.1. The third kappa shape index (κ3) is 5.61. The van der Waals surface area contributed by atoms with Gasteiger partial charge in [0.05, 0.1) is 5.92 Å². The molecule has 0 saturated heterocycles. The van der Waals surface area contributed by atoms with Gasteiger partial charge >= 0.3 is 5.97 Å². The summed E-state index contributed by atoms with van der Waals surface area (Å²) in [5.74, 6) is -0.258. The van der Waals surface area contributed by atoms with Crippen LogP contribution in [0.4, 0.5) is 0 Å². The van der Waals surface area contributed by atoms with Crippen LogP contribution in [0.3, 0.4) is 0 Å². The third-order valence-corrected chi connectivity index (χ3v) is 3.30. The highest BCUT2D eigenvalue weighted by molar-refractivity contribution is 5.69. The molecule has 1 N–H and O–H groups in total. The first-order chi connectivity index (χ1) is 9.40. The molecule has 1 aromatic carbocycles. The molecular formula is C16H25NO3. The second kappa shape index (κ2) is 7.90. The molecule has 1 unspecified atom stereocenters. The minimum absolute atomic E-state index is 0.304. The molecule has 0 aromatic heterocycles. The molecule has 0 spiro atoms. The number of rotatable bonds is 8. The van der Waals surface area contributed by atoms with E-state index < -0.39 is 5.97 Å². The van der Waals surface area contributed by atoms with E-state index in [0.717, 1.165) is 12.3 Å². The second-order valence-electron chi connectivity index (χ2n) is 5.49. The molecule has 0 saturated carbocycles. The predicted octanol–water partition coefficient (Wildman–Crippen LogP) is 2.80. The maximum absolute atomic E-state index is 10.9. The highest BCUT2D eigenvalue weighted by atomic mass is 16.5. The van der Waals surface area contributed by atoms with Gasteiger partial charge in [0.2, 0.25) is 0 Å². The minimum Gasteiger partial charge on any atom is -0.492 e. The van der Waals surface area contributed by atoms with Crippen LogP contribution in [0.1, 0.15) is 26.3 Å². The van der Waals surface area contributed by atoms with E-state index in [1.54, 1.807) is 6.92 Å². The Hall–Kier alpha value is -1.55. The van der Waals surface area contributed by atoms with E-state index in [4.69, 9.17) is 9.84 Å². The largest absolute Gasteiger partial charge is 0.492 e. The van der Waals surface area contributed by atoms with Crippen molar-refractivity contribution in [2.75, 3.05) is 19.7 Å². The molecule has 1 aromatic rings. The molecule has 0 bridgehead atoms. The number of hydrogen-bond donors (Lipinski definition) is 1. The summed E-state index contributed by atoms with van der Waals surface area (Å²) in [4.78, 5) is 13.1. The molecule has 112 valence electrons. The molecule has 0 aliphatic carbocycles. The topological polar surface area (TPSA) is 49.8 Å². The summed E-state index contributed by atoms with van der Waals surface area (Å²) in [6, 6.07) is 8.24. The van der Waals surface area contributed by atoms with Crippen molar-refractivity contribution in [3.8, 4) is 5.75 Å². The Morgan fingerprint density at radius 3 is 2.60 bits per heavy atom. The van der Waals surface area contributed by atoms with Crippen molar-refractivity contribution in [2.45, 2.75) is 33.7 Å². The molecule has 0 heterocycles. The number of hydrogen-bond acceptors (Lipinski definition) is 3. The zero-order valence-corrected chi connectivity index (χ0v) is 12.8. The first kappa shape index (κ1) is 16.5. The van der Waals surface area contributed by atoms with Gasteiger partial charge in [0.15, 0.2) is 0 Å². The molecule has 4 heteroatoms. The molecule has 4 nitrogen and oxygen atoms in total. The zero-order chi connectivity index (χ0) is 15.1. The minimum atomic E-state index is -0.754. The fourth-order valence-electron chi connectivity index (χ4n) is 1.98. The van der Waals surface area contributed by atoms with Crippen molar-refractivity contribution in [3.05, 3.63) is 29.8 Å². The van der Waals surface area contributed by atoms with Crippen LogP contribution in [0, 0.1) is 12.8 Å². The summed E-state index contributed by atoms with van der Waals surface area (Å²) >= 11 is 0. The van der Waals surface area contributed by atoms with Crippen LogP contribution in [0.5, 0.6) is 5.75 Å². The quantitative estimate of drug-likeness (QED) is 0.795. The predicted molar refractivity (Wildman–Crippen MR) is 80.2 cm³/mol. The molecule has 0 aliphatic heterocycles. The van der Waals surface area contributed by atoms with Crippen molar-refractivity contribution in [1.29, 1.82) is 0 Å². The van der Waals surface area contributed by atoms with E-state index >= 15 is 0 Å². The molecular weight excluding hydrogens is 254 g/mol. The van der Waals surface area contributed by atoms with Crippen molar-refractivity contribution >= 4 is 5.97 Å². The van der Waals surface area contributed by atoms with Gasteiger partial charge in [-0.3, -0.25) is 9.69 Å².